The van der Waals surface area contributed by atoms with Crippen molar-refractivity contribution in [3.05, 3.63) is 80.6 Å². The lowest BCUT2D eigenvalue weighted by atomic mass is 9.87. The molecule has 1 atom stereocenters. The number of hydrogen-bond acceptors (Lipinski definition) is 5. The predicted octanol–water partition coefficient (Wildman–Crippen LogP) is 3.61. The number of imidazole rings is 1. The van der Waals surface area contributed by atoms with Gasteiger partial charge in [-0.05, 0) is 30.0 Å². The van der Waals surface area contributed by atoms with Crippen molar-refractivity contribution in [2.75, 3.05) is 24.5 Å². The van der Waals surface area contributed by atoms with E-state index in [4.69, 9.17) is 4.98 Å². The zero-order valence-electron chi connectivity index (χ0n) is 20.7. The molecular weight excluding hydrogens is 440 g/mol. The Morgan fingerprint density at radius 2 is 1.80 bits per heavy atom. The van der Waals surface area contributed by atoms with Crippen molar-refractivity contribution >= 4 is 16.7 Å². The second-order valence-electron chi connectivity index (χ2n) is 10.4. The summed E-state index contributed by atoms with van der Waals surface area (Å²) < 4.78 is 0. The highest BCUT2D eigenvalue weighted by atomic mass is 16.2. The highest BCUT2D eigenvalue weighted by Gasteiger charge is 2.26. The van der Waals surface area contributed by atoms with Crippen LogP contribution in [0.4, 0.5) is 5.69 Å². The highest BCUT2D eigenvalue weighted by Crippen LogP contribution is 2.31. The molecule has 5 rings (SSSR count). The van der Waals surface area contributed by atoms with Crippen LogP contribution in [0.2, 0.25) is 0 Å². The zero-order valence-corrected chi connectivity index (χ0v) is 20.7. The molecule has 1 aliphatic heterocycles. The molecule has 1 saturated heterocycles. The molecule has 182 valence electrons. The minimum atomic E-state index is -0.478. The molecule has 0 amide bonds. The van der Waals surface area contributed by atoms with Crippen LogP contribution >= 0.6 is 0 Å². The molecule has 1 aliphatic rings. The predicted molar refractivity (Wildman–Crippen MR) is 140 cm³/mol. The van der Waals surface area contributed by atoms with E-state index in [1.807, 2.05) is 0 Å². The van der Waals surface area contributed by atoms with E-state index < -0.39 is 5.69 Å². The van der Waals surface area contributed by atoms with Crippen molar-refractivity contribution < 1.29 is 0 Å². The van der Waals surface area contributed by atoms with Crippen LogP contribution in [-0.4, -0.2) is 50.5 Å². The number of para-hydroxylation sites is 1. The largest absolute Gasteiger partial charge is 0.367 e. The van der Waals surface area contributed by atoms with Crippen LogP contribution in [0.25, 0.3) is 22.4 Å². The van der Waals surface area contributed by atoms with Crippen LogP contribution in [0.1, 0.15) is 38.8 Å². The van der Waals surface area contributed by atoms with Gasteiger partial charge in [0, 0.05) is 49.5 Å². The molecule has 3 heterocycles. The smallest absolute Gasteiger partial charge is 0.325 e. The van der Waals surface area contributed by atoms with E-state index in [2.05, 4.69) is 94.9 Å². The van der Waals surface area contributed by atoms with Gasteiger partial charge in [0.1, 0.15) is 11.3 Å². The van der Waals surface area contributed by atoms with E-state index in [0.29, 0.717) is 12.1 Å². The number of anilines is 1. The first-order valence-electron chi connectivity index (χ1n) is 12.1. The van der Waals surface area contributed by atoms with Gasteiger partial charge in [0.25, 0.3) is 5.56 Å². The molecule has 0 saturated carbocycles. The number of nitrogens with zero attached hydrogens (tertiary/aromatic N) is 3. The third kappa shape index (κ3) is 4.66. The number of H-pyrrole nitrogens is 3. The minimum absolute atomic E-state index is 0.115. The normalized spacial score (nSPS) is 17.3. The third-order valence-corrected chi connectivity index (χ3v) is 6.89. The first kappa shape index (κ1) is 23.1. The average molecular weight is 473 g/mol. The quantitative estimate of drug-likeness (QED) is 0.421. The average Bonchev–Trinajstić information content (AvgIpc) is 3.26. The van der Waals surface area contributed by atoms with Gasteiger partial charge in [0.15, 0.2) is 0 Å². The Morgan fingerprint density at radius 1 is 1.03 bits per heavy atom. The number of rotatable bonds is 4. The van der Waals surface area contributed by atoms with Crippen molar-refractivity contribution in [2.45, 2.75) is 45.7 Å². The van der Waals surface area contributed by atoms with Gasteiger partial charge in [-0.25, -0.2) is 9.78 Å². The van der Waals surface area contributed by atoms with E-state index in [1.54, 1.807) is 0 Å². The monoisotopic (exact) mass is 472 g/mol. The third-order valence-electron chi connectivity index (χ3n) is 6.89. The van der Waals surface area contributed by atoms with Gasteiger partial charge in [0.2, 0.25) is 0 Å². The summed E-state index contributed by atoms with van der Waals surface area (Å²) in [6.07, 6.45) is 1.51. The summed E-state index contributed by atoms with van der Waals surface area (Å²) in [5, 5.41) is 0. The molecule has 0 radical (unpaired) electrons. The molecule has 2 aromatic heterocycles. The van der Waals surface area contributed by atoms with Gasteiger partial charge in [-0.2, -0.15) is 0 Å². The van der Waals surface area contributed by atoms with Gasteiger partial charge in [-0.1, -0.05) is 51.1 Å². The summed E-state index contributed by atoms with van der Waals surface area (Å²) in [6, 6.07) is 15.1. The number of aromatic amines is 3. The number of benzene rings is 2. The van der Waals surface area contributed by atoms with Crippen molar-refractivity contribution in [3.8, 4) is 11.4 Å². The van der Waals surface area contributed by atoms with Crippen LogP contribution in [-0.2, 0) is 12.0 Å². The molecule has 8 nitrogen and oxygen atoms in total. The molecule has 3 N–H and O–H groups in total. The Hall–Kier alpha value is -3.65. The Balaban J connectivity index is 1.36. The Morgan fingerprint density at radius 3 is 2.49 bits per heavy atom. The Kier molecular flexibility index (Phi) is 5.84. The minimum Gasteiger partial charge on any atom is -0.367 e. The lowest BCUT2D eigenvalue weighted by molar-refractivity contribution is 0.180. The number of aromatic nitrogens is 4. The molecule has 4 aromatic rings. The lowest BCUT2D eigenvalue weighted by Gasteiger charge is -2.40. The Labute approximate surface area is 204 Å². The summed E-state index contributed by atoms with van der Waals surface area (Å²) in [7, 11) is 0. The molecule has 2 aromatic carbocycles. The molecule has 0 unspecified atom stereocenters. The summed E-state index contributed by atoms with van der Waals surface area (Å²) in [5.41, 5.74) is 5.36. The second-order valence-corrected chi connectivity index (χ2v) is 10.4. The fourth-order valence-electron chi connectivity index (χ4n) is 4.76. The highest BCUT2D eigenvalue weighted by molar-refractivity contribution is 5.91. The van der Waals surface area contributed by atoms with Crippen molar-refractivity contribution in [1.82, 2.24) is 24.8 Å². The fraction of sp³-hybridized carbons (Fsp3) is 0.370. The van der Waals surface area contributed by atoms with Crippen molar-refractivity contribution in [2.24, 2.45) is 0 Å². The van der Waals surface area contributed by atoms with Gasteiger partial charge >= 0.3 is 5.69 Å². The molecule has 1 fully saturated rings. The van der Waals surface area contributed by atoms with Gasteiger partial charge < -0.3 is 14.9 Å². The lowest BCUT2D eigenvalue weighted by Crippen LogP contribution is -2.52. The van der Waals surface area contributed by atoms with Crippen LogP contribution in [0, 0.1) is 0 Å². The van der Waals surface area contributed by atoms with Crippen molar-refractivity contribution in [1.29, 1.82) is 0 Å². The standard InChI is InChI=1S/C27H32N6O2/c1-17-15-33(13-12-32(17)16-19-14-28-26(35)31-25(19)34)22-7-5-6-21-23(22)30-24(29-21)18-8-10-20(11-9-18)27(2,3)4/h5-11,14,17H,12-13,15-16H2,1-4H3,(H,29,30)(H2,28,31,34,35)/t17-/m0/s1. The van der Waals surface area contributed by atoms with E-state index in [1.165, 1.54) is 11.8 Å². The number of piperazine rings is 1. The van der Waals surface area contributed by atoms with Crippen LogP contribution < -0.4 is 16.1 Å². The summed E-state index contributed by atoms with van der Waals surface area (Å²) in [6.45, 7) is 11.8. The maximum atomic E-state index is 12.1. The van der Waals surface area contributed by atoms with E-state index in [-0.39, 0.29) is 17.0 Å². The van der Waals surface area contributed by atoms with Gasteiger partial charge in [-0.15, -0.1) is 0 Å². The zero-order chi connectivity index (χ0) is 24.7. The van der Waals surface area contributed by atoms with Crippen LogP contribution in [0.5, 0.6) is 0 Å². The number of fused-ring (bicyclic) bond motifs is 1. The van der Waals surface area contributed by atoms with Gasteiger partial charge in [-0.3, -0.25) is 14.7 Å². The SMILES string of the molecule is C[C@H]1CN(c2cccc3[nH]c(-c4ccc(C(C)(C)C)cc4)nc23)CCN1Cc1c[nH]c(=O)[nH]c1=O. The van der Waals surface area contributed by atoms with Crippen molar-refractivity contribution in [3.63, 3.8) is 0 Å². The fourth-order valence-corrected chi connectivity index (χ4v) is 4.76. The summed E-state index contributed by atoms with van der Waals surface area (Å²) >= 11 is 0. The Bertz CT molecular complexity index is 1460. The maximum Gasteiger partial charge on any atom is 0.325 e. The first-order valence-corrected chi connectivity index (χ1v) is 12.1. The maximum absolute atomic E-state index is 12.1. The van der Waals surface area contributed by atoms with Crippen LogP contribution in [0.3, 0.4) is 0 Å². The van der Waals surface area contributed by atoms with E-state index in [0.717, 1.165) is 47.7 Å². The number of nitrogens with one attached hydrogen (secondary N) is 3. The number of hydrogen-bond donors (Lipinski definition) is 3. The molecule has 0 aliphatic carbocycles. The van der Waals surface area contributed by atoms with Gasteiger partial charge in [0.05, 0.1) is 11.2 Å². The topological polar surface area (TPSA) is 101 Å². The molecule has 8 heteroatoms. The summed E-state index contributed by atoms with van der Waals surface area (Å²) in [5.74, 6) is 0.872. The second kappa shape index (κ2) is 8.85. The van der Waals surface area contributed by atoms with E-state index in [9.17, 15) is 9.59 Å². The molecular formula is C27H32N6O2. The molecule has 0 bridgehead atoms. The molecule has 0 spiro atoms. The first-order chi connectivity index (χ1) is 16.7. The van der Waals surface area contributed by atoms with E-state index >= 15 is 0 Å². The summed E-state index contributed by atoms with van der Waals surface area (Å²) in [4.78, 5) is 41.4. The molecule has 35 heavy (non-hydrogen) atoms. The van der Waals surface area contributed by atoms with Crippen LogP contribution in [0.15, 0.2) is 58.3 Å².